The highest BCUT2D eigenvalue weighted by Gasteiger charge is 2.31. The topological polar surface area (TPSA) is 104 Å². The monoisotopic (exact) mass is 498 g/mol. The number of ether oxygens (including phenoxy) is 4. The molecule has 4 rings (SSSR count). The normalized spacial score (nSPS) is 14.4. The predicted molar refractivity (Wildman–Crippen MR) is 140 cm³/mol. The zero-order valence-electron chi connectivity index (χ0n) is 21.2. The number of nitriles is 1. The fourth-order valence-electron chi connectivity index (χ4n) is 4.06. The largest absolute Gasteiger partial charge is 0.494 e. The van der Waals surface area contributed by atoms with Crippen molar-refractivity contribution in [2.24, 2.45) is 11.7 Å². The minimum Gasteiger partial charge on any atom is -0.494 e. The number of hydrogen-bond acceptors (Lipinski definition) is 7. The number of esters is 1. The summed E-state index contributed by atoms with van der Waals surface area (Å²) in [6.07, 6.45) is 0.943. The molecule has 0 saturated carbocycles. The average Bonchev–Trinajstić information content (AvgIpc) is 2.88. The molecule has 3 aromatic carbocycles. The van der Waals surface area contributed by atoms with Crippen LogP contribution in [0, 0.1) is 17.2 Å². The molecule has 190 valence electrons. The molecule has 1 aliphatic rings. The second-order valence-electron chi connectivity index (χ2n) is 9.07. The highest BCUT2D eigenvalue weighted by Crippen LogP contribution is 2.44. The molecule has 0 saturated heterocycles. The molecule has 0 radical (unpaired) electrons. The first-order valence-corrected chi connectivity index (χ1v) is 12.3. The van der Waals surface area contributed by atoms with Crippen LogP contribution in [-0.2, 0) is 0 Å². The summed E-state index contributed by atoms with van der Waals surface area (Å²) in [5, 5.41) is 9.87. The van der Waals surface area contributed by atoms with Crippen LogP contribution in [0.25, 0.3) is 0 Å². The number of carbonyl (C=O) groups excluding carboxylic acids is 1. The SMILES string of the molecule is CCOc1ccc(C(=O)Oc2ccc3c(c2)OC(N)=C(C#N)C3c2cccc(OCCC(C)C)c2)cc1. The van der Waals surface area contributed by atoms with Gasteiger partial charge in [0.05, 0.1) is 24.7 Å². The fourth-order valence-corrected chi connectivity index (χ4v) is 4.06. The van der Waals surface area contributed by atoms with E-state index in [-0.39, 0.29) is 5.88 Å². The molecule has 0 amide bonds. The van der Waals surface area contributed by atoms with Gasteiger partial charge in [0.25, 0.3) is 0 Å². The van der Waals surface area contributed by atoms with E-state index in [1.54, 1.807) is 42.5 Å². The molecule has 0 aromatic heterocycles. The molecule has 2 N–H and O–H groups in total. The Morgan fingerprint density at radius 3 is 2.49 bits per heavy atom. The van der Waals surface area contributed by atoms with Gasteiger partial charge in [-0.25, -0.2) is 4.79 Å². The van der Waals surface area contributed by atoms with Crippen molar-refractivity contribution >= 4 is 5.97 Å². The van der Waals surface area contributed by atoms with Crippen molar-refractivity contribution in [3.05, 3.63) is 94.9 Å². The van der Waals surface area contributed by atoms with Gasteiger partial charge < -0.3 is 24.7 Å². The molecule has 7 nitrogen and oxygen atoms in total. The van der Waals surface area contributed by atoms with Gasteiger partial charge in [0.1, 0.15) is 34.6 Å². The van der Waals surface area contributed by atoms with E-state index in [0.29, 0.717) is 47.5 Å². The van der Waals surface area contributed by atoms with Crippen molar-refractivity contribution in [3.8, 4) is 29.1 Å². The number of carbonyl (C=O) groups is 1. The van der Waals surface area contributed by atoms with Crippen molar-refractivity contribution in [2.45, 2.75) is 33.1 Å². The second-order valence-corrected chi connectivity index (χ2v) is 9.07. The van der Waals surface area contributed by atoms with E-state index in [2.05, 4.69) is 19.9 Å². The molecule has 0 fully saturated rings. The van der Waals surface area contributed by atoms with Gasteiger partial charge in [-0.05, 0) is 67.3 Å². The Kier molecular flexibility index (Phi) is 7.99. The van der Waals surface area contributed by atoms with Gasteiger partial charge in [-0.2, -0.15) is 5.26 Å². The van der Waals surface area contributed by atoms with E-state index in [1.807, 2.05) is 31.2 Å². The second kappa shape index (κ2) is 11.5. The molecule has 1 atom stereocenters. The molecule has 0 aliphatic carbocycles. The number of hydrogen-bond donors (Lipinski definition) is 1. The summed E-state index contributed by atoms with van der Waals surface area (Å²) in [7, 11) is 0. The number of fused-ring (bicyclic) bond motifs is 1. The third-order valence-electron chi connectivity index (χ3n) is 5.96. The standard InChI is InChI=1S/C30H30N2O5/c1-4-34-22-10-8-20(9-11-22)30(33)36-24-12-13-25-27(17-24)37-29(32)26(18-31)28(25)21-6-5-7-23(16-21)35-15-14-19(2)3/h5-13,16-17,19,28H,4,14-15,32H2,1-3H3. The molecule has 0 spiro atoms. The van der Waals surface area contributed by atoms with E-state index in [9.17, 15) is 10.1 Å². The minimum atomic E-state index is -0.511. The number of nitrogens with two attached hydrogens (primary N) is 1. The molecule has 1 unspecified atom stereocenters. The summed E-state index contributed by atoms with van der Waals surface area (Å²) in [6.45, 7) is 7.34. The van der Waals surface area contributed by atoms with E-state index >= 15 is 0 Å². The van der Waals surface area contributed by atoms with Gasteiger partial charge in [0, 0.05) is 11.6 Å². The van der Waals surface area contributed by atoms with Gasteiger partial charge >= 0.3 is 5.97 Å². The lowest BCUT2D eigenvalue weighted by Crippen LogP contribution is -2.21. The Labute approximate surface area is 217 Å². The van der Waals surface area contributed by atoms with Crippen molar-refractivity contribution in [2.75, 3.05) is 13.2 Å². The number of allylic oxidation sites excluding steroid dienone is 1. The van der Waals surface area contributed by atoms with E-state index in [4.69, 9.17) is 24.7 Å². The lowest BCUT2D eigenvalue weighted by Gasteiger charge is -2.27. The molecule has 3 aromatic rings. The van der Waals surface area contributed by atoms with Gasteiger partial charge in [-0.15, -0.1) is 0 Å². The van der Waals surface area contributed by atoms with Gasteiger partial charge in [-0.3, -0.25) is 0 Å². The maximum absolute atomic E-state index is 12.7. The molecule has 7 heteroatoms. The predicted octanol–water partition coefficient (Wildman–Crippen LogP) is 5.95. The summed E-state index contributed by atoms with van der Waals surface area (Å²) < 4.78 is 22.7. The van der Waals surface area contributed by atoms with Crippen LogP contribution in [0.5, 0.6) is 23.0 Å². The molecule has 1 heterocycles. The van der Waals surface area contributed by atoms with E-state index < -0.39 is 11.9 Å². The number of benzene rings is 3. The van der Waals surface area contributed by atoms with Crippen molar-refractivity contribution in [1.82, 2.24) is 0 Å². The first-order valence-electron chi connectivity index (χ1n) is 12.3. The zero-order valence-corrected chi connectivity index (χ0v) is 21.2. The van der Waals surface area contributed by atoms with Gasteiger partial charge in [0.15, 0.2) is 0 Å². The smallest absolute Gasteiger partial charge is 0.343 e. The third kappa shape index (κ3) is 6.04. The summed E-state index contributed by atoms with van der Waals surface area (Å²) >= 11 is 0. The van der Waals surface area contributed by atoms with Crippen molar-refractivity contribution < 1.29 is 23.7 Å². The maximum Gasteiger partial charge on any atom is 0.343 e. The van der Waals surface area contributed by atoms with E-state index in [1.165, 1.54) is 0 Å². The lowest BCUT2D eigenvalue weighted by atomic mass is 9.83. The van der Waals surface area contributed by atoms with Crippen molar-refractivity contribution in [3.63, 3.8) is 0 Å². The first kappa shape index (κ1) is 25.6. The Bertz CT molecular complexity index is 1340. The number of nitrogens with zero attached hydrogens (tertiary/aromatic N) is 1. The number of rotatable bonds is 9. The highest BCUT2D eigenvalue weighted by atomic mass is 16.5. The molecule has 37 heavy (non-hydrogen) atoms. The van der Waals surface area contributed by atoms with Crippen LogP contribution in [0.2, 0.25) is 0 Å². The van der Waals surface area contributed by atoms with Crippen LogP contribution in [0.1, 0.15) is 54.6 Å². The average molecular weight is 499 g/mol. The third-order valence-corrected chi connectivity index (χ3v) is 5.96. The van der Waals surface area contributed by atoms with Crippen LogP contribution in [0.15, 0.2) is 78.2 Å². The maximum atomic E-state index is 12.7. The molecule has 1 aliphatic heterocycles. The molecular weight excluding hydrogens is 468 g/mol. The molecular formula is C30H30N2O5. The van der Waals surface area contributed by atoms with E-state index in [0.717, 1.165) is 23.3 Å². The van der Waals surface area contributed by atoms with Crippen LogP contribution in [-0.4, -0.2) is 19.2 Å². The van der Waals surface area contributed by atoms with Gasteiger partial charge in [-0.1, -0.05) is 32.0 Å². The Hall–Kier alpha value is -4.44. The van der Waals surface area contributed by atoms with Gasteiger partial charge in [0.2, 0.25) is 5.88 Å². The highest BCUT2D eigenvalue weighted by molar-refractivity contribution is 5.91. The summed E-state index contributed by atoms with van der Waals surface area (Å²) in [5.74, 6) is 1.72. The summed E-state index contributed by atoms with van der Waals surface area (Å²) in [4.78, 5) is 12.7. The summed E-state index contributed by atoms with van der Waals surface area (Å²) in [6, 6.07) is 21.7. The first-order chi connectivity index (χ1) is 17.9. The van der Waals surface area contributed by atoms with Crippen LogP contribution < -0.4 is 24.7 Å². The zero-order chi connectivity index (χ0) is 26.4. The van der Waals surface area contributed by atoms with Crippen molar-refractivity contribution in [1.29, 1.82) is 5.26 Å². The Morgan fingerprint density at radius 1 is 1.03 bits per heavy atom. The molecule has 0 bridgehead atoms. The lowest BCUT2D eigenvalue weighted by molar-refractivity contribution is 0.0734. The van der Waals surface area contributed by atoms with Crippen LogP contribution in [0.4, 0.5) is 0 Å². The summed E-state index contributed by atoms with van der Waals surface area (Å²) in [5.41, 5.74) is 8.44. The van der Waals surface area contributed by atoms with Crippen LogP contribution in [0.3, 0.4) is 0 Å². The minimum absolute atomic E-state index is 0.0149. The fraction of sp³-hybridized carbons (Fsp3) is 0.267. The Morgan fingerprint density at radius 2 is 1.78 bits per heavy atom. The quantitative estimate of drug-likeness (QED) is 0.287. The Balaban J connectivity index is 1.58. The van der Waals surface area contributed by atoms with Crippen LogP contribution >= 0.6 is 0 Å².